The van der Waals surface area contributed by atoms with E-state index in [0.717, 1.165) is 11.0 Å². The van der Waals surface area contributed by atoms with Gasteiger partial charge in [-0.05, 0) is 79.6 Å². The van der Waals surface area contributed by atoms with Gasteiger partial charge in [0.1, 0.15) is 35.1 Å². The number of Topliss-reactive ketones (excluding diaryl/α,β-unsaturated/α-hetero) is 2. The van der Waals surface area contributed by atoms with Gasteiger partial charge in [0.05, 0.1) is 54.3 Å². The van der Waals surface area contributed by atoms with Gasteiger partial charge < -0.3 is 43.7 Å². The van der Waals surface area contributed by atoms with Gasteiger partial charge in [-0.3, -0.25) is 19.1 Å². The number of para-hydroxylation sites is 1. The minimum absolute atomic E-state index is 0.0639. The van der Waals surface area contributed by atoms with E-state index in [1.165, 1.54) is 14.0 Å². The number of likely N-dealkylation sites (N-methyl/N-ethyl adjacent to an activating group) is 1. The number of ether oxygens (including phenoxy) is 5. The summed E-state index contributed by atoms with van der Waals surface area (Å²) in [6.07, 6.45) is -3.91. The molecule has 14 atom stereocenters. The molecule has 6 rings (SSSR count). The van der Waals surface area contributed by atoms with Gasteiger partial charge in [0, 0.05) is 38.0 Å². The van der Waals surface area contributed by atoms with Crippen molar-refractivity contribution >= 4 is 34.7 Å². The second-order valence-electron chi connectivity index (χ2n) is 18.4. The van der Waals surface area contributed by atoms with Crippen molar-refractivity contribution in [2.75, 3.05) is 27.7 Å². The number of unbranched alkanes of at least 4 members (excludes halogenated alkanes) is 1. The third kappa shape index (κ3) is 9.54. The molecule has 0 radical (unpaired) electrons. The molecule has 19 nitrogen and oxygen atoms in total. The Kier molecular flexibility index (Phi) is 14.8. The first-order valence-electron chi connectivity index (χ1n) is 22.1. The average molecular weight is 883 g/mol. The molecule has 1 amide bonds. The molecule has 1 aromatic carbocycles. The fraction of sp³-hybridized carbons (Fsp3) is 0.727. The number of aliphatic hydroxyl groups excluding tert-OH is 2. The van der Waals surface area contributed by atoms with Gasteiger partial charge in [-0.2, -0.15) is 0 Å². The quantitative estimate of drug-likeness (QED) is 0.152. The zero-order valence-corrected chi connectivity index (χ0v) is 38.4. The molecule has 63 heavy (non-hydrogen) atoms. The molecule has 0 spiro atoms. The van der Waals surface area contributed by atoms with Crippen LogP contribution in [-0.2, 0) is 51.2 Å². The molecule has 0 bridgehead atoms. The van der Waals surface area contributed by atoms with Crippen molar-refractivity contribution in [1.82, 2.24) is 39.8 Å². The van der Waals surface area contributed by atoms with Gasteiger partial charge >= 0.3 is 12.1 Å². The van der Waals surface area contributed by atoms with Gasteiger partial charge in [-0.15, -0.1) is 10.2 Å². The van der Waals surface area contributed by atoms with E-state index in [1.54, 1.807) is 81.7 Å². The Morgan fingerprint density at radius 3 is 2.30 bits per heavy atom. The number of nitrogens with zero attached hydrogens (tertiary/aromatic N) is 8. The molecule has 3 fully saturated rings. The number of aliphatic hydroxyl groups is 2. The normalized spacial score (nSPS) is 36.1. The number of benzene rings is 1. The topological polar surface area (TPSA) is 223 Å². The van der Waals surface area contributed by atoms with Crippen LogP contribution in [0.25, 0.3) is 11.0 Å². The first kappa shape index (κ1) is 48.1. The number of hydrogen-bond acceptors (Lipinski definition) is 16. The number of amides is 1. The standard InChI is InChI=1S/C44H66N8O11/c1-12-32-44(8)38(51(42(58)63-44)20-16-15-19-50-22-29(45-47-50)23-52-31-18-14-13-17-30(31)46-48-52)25(3)34(53)24(2)21-43(7,59-11)39(26(4)35(54)27(5)40(57)61-32)62-41-37(56)33(49(9)10)36(55)28(6)60-41/h13-14,17-18,22,24-28,32-33,36-39,41,55-56H,12,15-16,19-21,23H2,1-11H3/t24-,25+,26+,27-,28?,32-,33?,36?,37?,38-,39-,41?,43+,44-/m1/s1. The molecule has 2 N–H and O–H groups in total. The van der Waals surface area contributed by atoms with Gasteiger partial charge in [-0.1, -0.05) is 50.3 Å². The van der Waals surface area contributed by atoms with Crippen molar-refractivity contribution < 1.29 is 53.1 Å². The molecule has 3 aliphatic heterocycles. The minimum Gasteiger partial charge on any atom is -0.458 e. The molecule has 5 unspecified atom stereocenters. The van der Waals surface area contributed by atoms with E-state index in [4.69, 9.17) is 23.7 Å². The number of carbonyl (C=O) groups excluding carboxylic acids is 4. The summed E-state index contributed by atoms with van der Waals surface area (Å²) >= 11 is 0. The molecule has 2 aromatic heterocycles. The summed E-state index contributed by atoms with van der Waals surface area (Å²) in [5.74, 6) is -5.36. The lowest BCUT2D eigenvalue weighted by atomic mass is 9.73. The SMILES string of the molecule is CC[C@H]1OC(=O)[C@H](C)C(=O)[C@H](C)[C@@H](OC2OC(C)C(O)C(N(C)C)C2O)[C@@](C)(OC)C[C@@H](C)C(=O)[C@H](C)[C@H]2N(CCCCn3cc(Cn4nnc5ccccc54)nn3)C(=O)O[C@]12C. The van der Waals surface area contributed by atoms with Gasteiger partial charge in [0.2, 0.25) is 0 Å². The molecular formula is C44H66N8O11. The Hall–Kier alpha value is -4.40. The van der Waals surface area contributed by atoms with Gasteiger partial charge in [0.25, 0.3) is 0 Å². The number of aryl methyl sites for hydroxylation is 1. The van der Waals surface area contributed by atoms with Crippen molar-refractivity contribution in [3.05, 3.63) is 36.2 Å². The van der Waals surface area contributed by atoms with Gasteiger partial charge in [-0.25, -0.2) is 9.48 Å². The summed E-state index contributed by atoms with van der Waals surface area (Å²) in [4.78, 5) is 60.3. The summed E-state index contributed by atoms with van der Waals surface area (Å²) in [6.45, 7) is 14.6. The van der Waals surface area contributed by atoms with Crippen molar-refractivity contribution in [2.24, 2.45) is 23.7 Å². The maximum atomic E-state index is 14.8. The van der Waals surface area contributed by atoms with E-state index in [0.29, 0.717) is 31.6 Å². The second kappa shape index (κ2) is 19.4. The highest BCUT2D eigenvalue weighted by Gasteiger charge is 2.60. The zero-order chi connectivity index (χ0) is 46.1. The number of carbonyl (C=O) groups is 4. The van der Waals surface area contributed by atoms with Crippen LogP contribution in [0.1, 0.15) is 86.8 Å². The van der Waals surface area contributed by atoms with Crippen molar-refractivity contribution in [1.29, 1.82) is 0 Å². The smallest absolute Gasteiger partial charge is 0.410 e. The first-order valence-corrected chi connectivity index (χ1v) is 22.1. The third-order valence-electron chi connectivity index (χ3n) is 13.6. The van der Waals surface area contributed by atoms with E-state index < -0.39 is 102 Å². The van der Waals surface area contributed by atoms with Crippen LogP contribution in [0, 0.1) is 23.7 Å². The molecule has 0 aliphatic carbocycles. The van der Waals surface area contributed by atoms with Crippen molar-refractivity contribution in [3.8, 4) is 0 Å². The van der Waals surface area contributed by atoms with E-state index in [-0.39, 0.29) is 25.2 Å². The Bertz CT molecular complexity index is 2100. The maximum Gasteiger partial charge on any atom is 0.410 e. The number of cyclic esters (lactones) is 1. The molecule has 3 aromatic rings. The second-order valence-corrected chi connectivity index (χ2v) is 18.4. The number of esters is 1. The maximum absolute atomic E-state index is 14.8. The van der Waals surface area contributed by atoms with E-state index in [9.17, 15) is 29.4 Å². The third-order valence-corrected chi connectivity index (χ3v) is 13.6. The Morgan fingerprint density at radius 2 is 1.62 bits per heavy atom. The van der Waals surface area contributed by atoms with Crippen molar-refractivity contribution in [2.45, 2.75) is 154 Å². The van der Waals surface area contributed by atoms with Gasteiger partial charge in [0.15, 0.2) is 17.7 Å². The Morgan fingerprint density at radius 1 is 0.921 bits per heavy atom. The number of hydrogen-bond donors (Lipinski definition) is 2. The van der Waals surface area contributed by atoms with E-state index in [1.807, 2.05) is 30.5 Å². The van der Waals surface area contributed by atoms with E-state index in [2.05, 4.69) is 20.6 Å². The summed E-state index contributed by atoms with van der Waals surface area (Å²) in [5.41, 5.74) is -0.408. The van der Waals surface area contributed by atoms with E-state index >= 15 is 0 Å². The predicted molar refractivity (Wildman–Crippen MR) is 227 cm³/mol. The largest absolute Gasteiger partial charge is 0.458 e. The van der Waals surface area contributed by atoms with Crippen LogP contribution in [0.5, 0.6) is 0 Å². The zero-order valence-electron chi connectivity index (χ0n) is 38.4. The molecule has 19 heteroatoms. The fourth-order valence-electron chi connectivity index (χ4n) is 10.1. The Labute approximate surface area is 368 Å². The monoisotopic (exact) mass is 882 g/mol. The van der Waals surface area contributed by atoms with Crippen molar-refractivity contribution in [3.63, 3.8) is 0 Å². The highest BCUT2D eigenvalue weighted by atomic mass is 16.7. The van der Waals surface area contributed by atoms with Crippen LogP contribution < -0.4 is 0 Å². The lowest BCUT2D eigenvalue weighted by Crippen LogP contribution is -2.64. The van der Waals surface area contributed by atoms with Crippen LogP contribution in [0.3, 0.4) is 0 Å². The average Bonchev–Trinajstić information content (AvgIpc) is 3.95. The molecule has 3 saturated heterocycles. The Balaban J connectivity index is 1.24. The summed E-state index contributed by atoms with van der Waals surface area (Å²) in [5, 5.41) is 39.4. The van der Waals surface area contributed by atoms with Crippen LogP contribution in [0.2, 0.25) is 0 Å². The lowest BCUT2D eigenvalue weighted by Gasteiger charge is -2.48. The summed E-state index contributed by atoms with van der Waals surface area (Å²) in [6, 6.07) is 6.06. The molecule has 348 valence electrons. The number of fused-ring (bicyclic) bond motifs is 2. The van der Waals surface area contributed by atoms with Crippen LogP contribution in [0.15, 0.2) is 30.5 Å². The number of methoxy groups -OCH3 is 1. The van der Waals surface area contributed by atoms with Crippen LogP contribution in [-0.4, -0.2) is 161 Å². The molecule has 3 aliphatic rings. The number of rotatable bonds is 12. The number of ketones is 2. The molecule has 5 heterocycles. The highest BCUT2D eigenvalue weighted by molar-refractivity contribution is 6.00. The molecule has 0 saturated carbocycles. The number of aromatic nitrogens is 6. The predicted octanol–water partition coefficient (Wildman–Crippen LogP) is 3.03. The minimum atomic E-state index is -1.45. The van der Waals surface area contributed by atoms with Crippen LogP contribution in [0.4, 0.5) is 4.79 Å². The lowest BCUT2D eigenvalue weighted by molar-refractivity contribution is -0.313. The molecular weight excluding hydrogens is 817 g/mol. The first-order chi connectivity index (χ1) is 29.8. The van der Waals surface area contributed by atoms with Crippen LogP contribution >= 0.6 is 0 Å². The summed E-state index contributed by atoms with van der Waals surface area (Å²) < 4.78 is 34.5. The summed E-state index contributed by atoms with van der Waals surface area (Å²) in [7, 11) is 4.89. The fourth-order valence-corrected chi connectivity index (χ4v) is 10.1. The highest BCUT2D eigenvalue weighted by Crippen LogP contribution is 2.43.